The van der Waals surface area contributed by atoms with E-state index in [1.165, 1.54) is 11.8 Å². The second-order valence-electron chi connectivity index (χ2n) is 2.53. The third-order valence-corrected chi connectivity index (χ3v) is 3.66. The first-order chi connectivity index (χ1) is 7.17. The van der Waals surface area contributed by atoms with E-state index in [0.29, 0.717) is 15.5 Å². The van der Waals surface area contributed by atoms with Gasteiger partial charge in [-0.1, -0.05) is 23.4 Å². The summed E-state index contributed by atoms with van der Waals surface area (Å²) in [5.41, 5.74) is 5.61. The second-order valence-corrected chi connectivity index (χ2v) is 4.96. The van der Waals surface area contributed by atoms with E-state index in [-0.39, 0.29) is 5.70 Å². The summed E-state index contributed by atoms with van der Waals surface area (Å²) in [5.74, 6) is 0. The van der Waals surface area contributed by atoms with Crippen LogP contribution < -0.4 is 10.9 Å². The number of halogens is 1. The average Bonchev–Trinajstić information content (AvgIpc) is 2.27. The minimum Gasteiger partial charge on any atom is -0.395 e. The van der Waals surface area contributed by atoms with Gasteiger partial charge < -0.3 is 5.73 Å². The lowest BCUT2D eigenvalue weighted by atomic mass is 10.4. The summed E-state index contributed by atoms with van der Waals surface area (Å²) >= 11 is 8.03. The van der Waals surface area contributed by atoms with E-state index >= 15 is 0 Å². The smallest absolute Gasteiger partial charge is 0.167 e. The molecule has 0 heterocycles. The molecule has 80 valence electrons. The van der Waals surface area contributed by atoms with Gasteiger partial charge in [0.1, 0.15) is 0 Å². The van der Waals surface area contributed by atoms with Gasteiger partial charge in [0.25, 0.3) is 0 Å². The Bertz CT molecular complexity index is 378. The molecule has 0 saturated carbocycles. The second kappa shape index (κ2) is 6.07. The molecule has 0 fully saturated rings. The fourth-order valence-electron chi connectivity index (χ4n) is 0.809. The van der Waals surface area contributed by atoms with Gasteiger partial charge in [-0.25, -0.2) is 0 Å². The number of hydrogen-bond donors (Lipinski definition) is 2. The van der Waals surface area contributed by atoms with Gasteiger partial charge in [0.2, 0.25) is 0 Å². The van der Waals surface area contributed by atoms with Gasteiger partial charge in [0.15, 0.2) is 6.29 Å². The zero-order valence-corrected chi connectivity index (χ0v) is 10.0. The SMILES string of the molecule is NS/C(Sc1ccc(Cl)cc1)=C(\N)C=O. The van der Waals surface area contributed by atoms with Crippen molar-refractivity contribution in [2.24, 2.45) is 10.9 Å². The van der Waals surface area contributed by atoms with E-state index in [4.69, 9.17) is 22.5 Å². The van der Waals surface area contributed by atoms with Crippen molar-refractivity contribution in [2.45, 2.75) is 4.90 Å². The summed E-state index contributed by atoms with van der Waals surface area (Å²) in [6.07, 6.45) is 0.581. The maximum absolute atomic E-state index is 10.5. The number of allylic oxidation sites excluding steroid dienone is 1. The molecular weight excluding hydrogens is 252 g/mol. The summed E-state index contributed by atoms with van der Waals surface area (Å²) in [6, 6.07) is 7.20. The van der Waals surface area contributed by atoms with Crippen LogP contribution in [-0.2, 0) is 4.79 Å². The molecule has 3 nitrogen and oxygen atoms in total. The highest BCUT2D eigenvalue weighted by Crippen LogP contribution is 2.33. The molecule has 0 spiro atoms. The van der Waals surface area contributed by atoms with Crippen LogP contribution in [0.25, 0.3) is 0 Å². The summed E-state index contributed by atoms with van der Waals surface area (Å²) in [4.78, 5) is 11.4. The Balaban J connectivity index is 2.84. The zero-order valence-electron chi connectivity index (χ0n) is 7.64. The lowest BCUT2D eigenvalue weighted by Crippen LogP contribution is -2.01. The monoisotopic (exact) mass is 260 g/mol. The first-order valence-electron chi connectivity index (χ1n) is 3.92. The third kappa shape index (κ3) is 3.79. The third-order valence-electron chi connectivity index (χ3n) is 1.49. The molecule has 0 saturated heterocycles. The Morgan fingerprint density at radius 2 is 1.93 bits per heavy atom. The van der Waals surface area contributed by atoms with Crippen LogP contribution in [0.2, 0.25) is 5.02 Å². The van der Waals surface area contributed by atoms with Gasteiger partial charge in [-0.15, -0.1) is 0 Å². The van der Waals surface area contributed by atoms with Gasteiger partial charge in [-0.2, -0.15) is 0 Å². The summed E-state index contributed by atoms with van der Waals surface area (Å²) in [7, 11) is 0. The van der Waals surface area contributed by atoms with Crippen molar-refractivity contribution in [3.63, 3.8) is 0 Å². The normalized spacial score (nSPS) is 12.1. The van der Waals surface area contributed by atoms with Crippen LogP contribution in [0, 0.1) is 0 Å². The van der Waals surface area contributed by atoms with Crippen molar-refractivity contribution in [1.82, 2.24) is 0 Å². The summed E-state index contributed by atoms with van der Waals surface area (Å²) in [6.45, 7) is 0. The Hall–Kier alpha value is -0.620. The molecule has 0 atom stereocenters. The van der Waals surface area contributed by atoms with Crippen LogP contribution in [0.4, 0.5) is 0 Å². The van der Waals surface area contributed by atoms with E-state index in [0.717, 1.165) is 16.8 Å². The number of benzene rings is 1. The highest BCUT2D eigenvalue weighted by atomic mass is 35.5. The molecule has 0 bridgehead atoms. The van der Waals surface area contributed by atoms with Gasteiger partial charge in [-0.05, 0) is 36.2 Å². The van der Waals surface area contributed by atoms with Crippen molar-refractivity contribution >= 4 is 41.6 Å². The van der Waals surface area contributed by atoms with E-state index < -0.39 is 0 Å². The molecule has 0 radical (unpaired) electrons. The van der Waals surface area contributed by atoms with Crippen LogP contribution in [0.15, 0.2) is 39.1 Å². The van der Waals surface area contributed by atoms with Crippen LogP contribution >= 0.6 is 35.3 Å². The largest absolute Gasteiger partial charge is 0.395 e. The molecule has 0 aliphatic rings. The maximum atomic E-state index is 10.5. The molecule has 1 aromatic carbocycles. The Morgan fingerprint density at radius 1 is 1.33 bits per heavy atom. The fraction of sp³-hybridized carbons (Fsp3) is 0. The minimum absolute atomic E-state index is 0.141. The molecule has 1 rings (SSSR count). The zero-order chi connectivity index (χ0) is 11.3. The Labute approximate surface area is 101 Å². The van der Waals surface area contributed by atoms with Gasteiger partial charge >= 0.3 is 0 Å². The molecular formula is C9H9ClN2OS2. The van der Waals surface area contributed by atoms with Crippen LogP contribution in [-0.4, -0.2) is 6.29 Å². The first kappa shape index (κ1) is 12.4. The highest BCUT2D eigenvalue weighted by molar-refractivity contribution is 8.21. The first-order valence-corrected chi connectivity index (χ1v) is 6.00. The van der Waals surface area contributed by atoms with Crippen LogP contribution in [0.5, 0.6) is 0 Å². The van der Waals surface area contributed by atoms with Crippen molar-refractivity contribution in [3.8, 4) is 0 Å². The topological polar surface area (TPSA) is 69.1 Å². The summed E-state index contributed by atoms with van der Waals surface area (Å²) in [5, 5.41) is 6.06. The maximum Gasteiger partial charge on any atom is 0.167 e. The van der Waals surface area contributed by atoms with Crippen molar-refractivity contribution in [3.05, 3.63) is 39.2 Å². The van der Waals surface area contributed by atoms with Crippen LogP contribution in [0.3, 0.4) is 0 Å². The van der Waals surface area contributed by atoms with Gasteiger partial charge in [-0.3, -0.25) is 9.93 Å². The fourth-order valence-corrected chi connectivity index (χ4v) is 2.25. The van der Waals surface area contributed by atoms with Crippen molar-refractivity contribution in [2.75, 3.05) is 0 Å². The van der Waals surface area contributed by atoms with E-state index in [9.17, 15) is 4.79 Å². The quantitative estimate of drug-likeness (QED) is 0.376. The molecule has 0 aliphatic carbocycles. The number of aldehydes is 1. The number of rotatable bonds is 4. The van der Waals surface area contributed by atoms with E-state index in [2.05, 4.69) is 0 Å². The van der Waals surface area contributed by atoms with Crippen molar-refractivity contribution < 1.29 is 4.79 Å². The van der Waals surface area contributed by atoms with E-state index in [1.807, 2.05) is 12.1 Å². The standard InChI is InChI=1S/C9H9ClN2OS2/c10-6-1-3-7(4-2-6)14-9(15-12)8(11)5-13/h1-5H,11-12H2/b9-8-. The molecule has 4 N–H and O–H groups in total. The molecule has 1 aromatic rings. The number of hydrogen-bond acceptors (Lipinski definition) is 5. The highest BCUT2D eigenvalue weighted by Gasteiger charge is 2.04. The lowest BCUT2D eigenvalue weighted by Gasteiger charge is -2.04. The molecule has 0 aliphatic heterocycles. The average molecular weight is 261 g/mol. The molecule has 0 unspecified atom stereocenters. The van der Waals surface area contributed by atoms with Gasteiger partial charge in [0, 0.05) is 9.92 Å². The van der Waals surface area contributed by atoms with E-state index in [1.54, 1.807) is 12.1 Å². The lowest BCUT2D eigenvalue weighted by molar-refractivity contribution is -0.104. The molecule has 15 heavy (non-hydrogen) atoms. The predicted molar refractivity (Wildman–Crippen MR) is 66.4 cm³/mol. The van der Waals surface area contributed by atoms with Crippen LogP contribution in [0.1, 0.15) is 0 Å². The molecule has 6 heteroatoms. The number of carbonyl (C=O) groups is 1. The van der Waals surface area contributed by atoms with Gasteiger partial charge in [0.05, 0.1) is 9.93 Å². The number of thioether (sulfide) groups is 1. The predicted octanol–water partition coefficient (Wildman–Crippen LogP) is 2.37. The molecule has 0 aromatic heterocycles. The molecule has 0 amide bonds. The Morgan fingerprint density at radius 3 is 2.40 bits per heavy atom. The number of nitrogens with two attached hydrogens (primary N) is 2. The number of carbonyl (C=O) groups excluding carboxylic acids is 1. The summed E-state index contributed by atoms with van der Waals surface area (Å²) < 4.78 is 0.576. The minimum atomic E-state index is 0.141. The van der Waals surface area contributed by atoms with Crippen molar-refractivity contribution in [1.29, 1.82) is 0 Å². The Kier molecular flexibility index (Phi) is 5.04.